The highest BCUT2D eigenvalue weighted by atomic mass is 19.2. The van der Waals surface area contributed by atoms with E-state index in [0.717, 1.165) is 0 Å². The van der Waals surface area contributed by atoms with Gasteiger partial charge in [-0.25, -0.2) is 4.99 Å². The molecule has 0 saturated heterocycles. The van der Waals surface area contributed by atoms with Crippen molar-refractivity contribution in [1.29, 1.82) is 0 Å². The second kappa shape index (κ2) is 1.73. The van der Waals surface area contributed by atoms with Crippen molar-refractivity contribution in [3.8, 4) is 0 Å². The summed E-state index contributed by atoms with van der Waals surface area (Å²) in [4.78, 5) is 3.32. The third-order valence-corrected chi connectivity index (χ3v) is 0.552. The Labute approximate surface area is 40.9 Å². The van der Waals surface area contributed by atoms with Gasteiger partial charge in [0.2, 0.25) is 6.34 Å². The molecule has 2 nitrogen and oxygen atoms in total. The minimum Gasteiger partial charge on any atom is -0.233 e. The van der Waals surface area contributed by atoms with Crippen molar-refractivity contribution >= 4 is 6.34 Å². The minimum atomic E-state index is 0.142. The summed E-state index contributed by atoms with van der Waals surface area (Å²) in [6, 6.07) is 0. The van der Waals surface area contributed by atoms with Crippen molar-refractivity contribution in [1.82, 2.24) is 5.12 Å². The third-order valence-electron chi connectivity index (χ3n) is 0.552. The number of nitrogens with zero attached hydrogens (tertiary/aromatic N) is 2. The molecule has 0 N–H and O–H groups in total. The highest BCUT2D eigenvalue weighted by molar-refractivity contribution is 5.55. The Balaban J connectivity index is 2.49. The molecule has 1 aliphatic rings. The van der Waals surface area contributed by atoms with E-state index < -0.39 is 0 Å². The average Bonchev–Trinajstić information content (AvgIpc) is 1.69. The Kier molecular flexibility index (Phi) is 1.06. The molecule has 0 aromatic heterocycles. The molecule has 36 valence electrons. The molecule has 1 rings (SSSR count). The van der Waals surface area contributed by atoms with E-state index in [2.05, 4.69) is 17.4 Å². The molecule has 0 unspecified atom stereocenters. The fraction of sp³-hybridized carbons (Fsp3) is 0.250. The molecule has 7 heavy (non-hydrogen) atoms. The van der Waals surface area contributed by atoms with Crippen LogP contribution in [0.4, 0.5) is 4.48 Å². The third kappa shape index (κ3) is 0.994. The van der Waals surface area contributed by atoms with Gasteiger partial charge in [0.25, 0.3) is 0 Å². The molecule has 0 fully saturated rings. The van der Waals surface area contributed by atoms with E-state index in [1.807, 2.05) is 0 Å². The normalized spacial score (nSPS) is 18.1. The maximum Gasteiger partial charge on any atom is 0.203 e. The van der Waals surface area contributed by atoms with Crippen LogP contribution < -0.4 is 0 Å². The Morgan fingerprint density at radius 2 is 2.71 bits per heavy atom. The number of hydrogen-bond acceptors (Lipinski definition) is 2. The van der Waals surface area contributed by atoms with Crippen LogP contribution in [0.3, 0.4) is 0 Å². The summed E-state index contributed by atoms with van der Waals surface area (Å²) >= 11 is 0. The van der Waals surface area contributed by atoms with Crippen molar-refractivity contribution < 1.29 is 4.48 Å². The van der Waals surface area contributed by atoms with Crippen LogP contribution in [0.15, 0.2) is 11.2 Å². The molecule has 0 aliphatic carbocycles. The van der Waals surface area contributed by atoms with Gasteiger partial charge in [-0.1, -0.05) is 4.48 Å². The smallest absolute Gasteiger partial charge is 0.203 e. The molecule has 0 aromatic carbocycles. The SMILES string of the molecule is FN1[C]=NC=[C]C1. The highest BCUT2D eigenvalue weighted by Gasteiger charge is 1.94. The van der Waals surface area contributed by atoms with Gasteiger partial charge in [0.15, 0.2) is 0 Å². The van der Waals surface area contributed by atoms with Crippen LogP contribution in [0.2, 0.25) is 0 Å². The molecule has 1 aliphatic heterocycles. The molecule has 0 spiro atoms. The molecule has 0 aromatic rings. The van der Waals surface area contributed by atoms with Gasteiger partial charge < -0.3 is 0 Å². The van der Waals surface area contributed by atoms with Crippen molar-refractivity contribution in [3.63, 3.8) is 0 Å². The van der Waals surface area contributed by atoms with Crippen LogP contribution >= 0.6 is 0 Å². The van der Waals surface area contributed by atoms with Crippen LogP contribution in [-0.2, 0) is 0 Å². The lowest BCUT2D eigenvalue weighted by molar-refractivity contribution is 0.142. The lowest BCUT2D eigenvalue weighted by Gasteiger charge is -2.01. The predicted molar refractivity (Wildman–Crippen MR) is 23.1 cm³/mol. The summed E-state index contributed by atoms with van der Waals surface area (Å²) in [5, 5.41) is 0.333. The van der Waals surface area contributed by atoms with Crippen molar-refractivity contribution in [2.75, 3.05) is 6.54 Å². The Morgan fingerprint density at radius 3 is 3.00 bits per heavy atom. The van der Waals surface area contributed by atoms with Gasteiger partial charge in [-0.05, 0) is 6.08 Å². The fourth-order valence-electron chi connectivity index (χ4n) is 0.293. The van der Waals surface area contributed by atoms with Gasteiger partial charge in [-0.15, -0.1) is 0 Å². The summed E-state index contributed by atoms with van der Waals surface area (Å²) in [7, 11) is 0. The van der Waals surface area contributed by atoms with Crippen molar-refractivity contribution in [2.45, 2.75) is 0 Å². The zero-order valence-corrected chi connectivity index (χ0v) is 3.56. The van der Waals surface area contributed by atoms with E-state index >= 15 is 0 Å². The quantitative estimate of drug-likeness (QED) is 0.400. The van der Waals surface area contributed by atoms with E-state index in [4.69, 9.17) is 0 Å². The van der Waals surface area contributed by atoms with Gasteiger partial charge in [-0.3, -0.25) is 0 Å². The maximum absolute atomic E-state index is 11.7. The number of aliphatic imine (C=N–C) groups is 1. The maximum atomic E-state index is 11.7. The number of rotatable bonds is 0. The summed E-state index contributed by atoms with van der Waals surface area (Å²) in [5.41, 5.74) is 0. The molecule has 2 radical (unpaired) electrons. The molecule has 0 saturated carbocycles. The zero-order chi connectivity index (χ0) is 5.11. The summed E-state index contributed by atoms with van der Waals surface area (Å²) in [5.74, 6) is 0. The van der Waals surface area contributed by atoms with Gasteiger partial charge in [0.05, 0.1) is 6.54 Å². The lowest BCUT2D eigenvalue weighted by Crippen LogP contribution is -2.12. The lowest BCUT2D eigenvalue weighted by atomic mass is 10.6. The van der Waals surface area contributed by atoms with Crippen LogP contribution in [0.25, 0.3) is 0 Å². The van der Waals surface area contributed by atoms with E-state index in [0.29, 0.717) is 5.12 Å². The summed E-state index contributed by atoms with van der Waals surface area (Å²) in [6.45, 7) is 0.142. The topological polar surface area (TPSA) is 15.6 Å². The van der Waals surface area contributed by atoms with Crippen molar-refractivity contribution in [2.24, 2.45) is 4.99 Å². The van der Waals surface area contributed by atoms with Crippen LogP contribution in [0.5, 0.6) is 0 Å². The first-order valence-corrected chi connectivity index (χ1v) is 1.83. The molecule has 0 atom stereocenters. The Hall–Kier alpha value is -0.860. The minimum absolute atomic E-state index is 0.142. The first kappa shape index (κ1) is 4.30. The highest BCUT2D eigenvalue weighted by Crippen LogP contribution is 1.89. The average molecular weight is 98.1 g/mol. The molecular formula is C4H3FN2. The standard InChI is InChI=1S/C4H3FN2/c5-7-3-1-2-6-4-7/h2H,3H2. The first-order valence-electron chi connectivity index (χ1n) is 1.83. The number of hydrogen-bond donors (Lipinski definition) is 0. The summed E-state index contributed by atoms with van der Waals surface area (Å²) < 4.78 is 11.7. The summed E-state index contributed by atoms with van der Waals surface area (Å²) in [6.07, 6.45) is 5.97. The number of halogens is 1. The first-order chi connectivity index (χ1) is 3.39. The van der Waals surface area contributed by atoms with Crippen LogP contribution in [0.1, 0.15) is 0 Å². The molecule has 0 amide bonds. The fourth-order valence-corrected chi connectivity index (χ4v) is 0.293. The molecule has 3 heteroatoms. The van der Waals surface area contributed by atoms with Crippen LogP contribution in [-0.4, -0.2) is 18.0 Å². The molecular weight excluding hydrogens is 95.1 g/mol. The molecule has 1 heterocycles. The molecule has 0 bridgehead atoms. The van der Waals surface area contributed by atoms with Gasteiger partial charge in [0.1, 0.15) is 0 Å². The van der Waals surface area contributed by atoms with Gasteiger partial charge in [0, 0.05) is 6.20 Å². The van der Waals surface area contributed by atoms with Gasteiger partial charge >= 0.3 is 0 Å². The van der Waals surface area contributed by atoms with E-state index in [1.165, 1.54) is 6.20 Å². The zero-order valence-electron chi connectivity index (χ0n) is 3.56. The van der Waals surface area contributed by atoms with Gasteiger partial charge in [-0.2, -0.15) is 5.12 Å². The second-order valence-electron chi connectivity index (χ2n) is 1.08. The van der Waals surface area contributed by atoms with Crippen LogP contribution in [0, 0.1) is 6.08 Å². The van der Waals surface area contributed by atoms with E-state index in [9.17, 15) is 4.48 Å². The predicted octanol–water partition coefficient (Wildman–Crippen LogP) is 0.409. The Bertz CT molecular complexity index is 108. The monoisotopic (exact) mass is 98.0 g/mol. The van der Waals surface area contributed by atoms with E-state index in [1.54, 1.807) is 0 Å². The largest absolute Gasteiger partial charge is 0.233 e. The van der Waals surface area contributed by atoms with E-state index in [-0.39, 0.29) is 6.54 Å². The second-order valence-corrected chi connectivity index (χ2v) is 1.08. The van der Waals surface area contributed by atoms with Crippen molar-refractivity contribution in [3.05, 3.63) is 12.3 Å². The Morgan fingerprint density at radius 1 is 1.86 bits per heavy atom.